The maximum absolute atomic E-state index is 13.1. The highest BCUT2D eigenvalue weighted by Crippen LogP contribution is 2.46. The lowest BCUT2D eigenvalue weighted by atomic mass is 9.85. The third kappa shape index (κ3) is 3.43. The van der Waals surface area contributed by atoms with E-state index in [0.29, 0.717) is 42.0 Å². The molecule has 1 aromatic carbocycles. The van der Waals surface area contributed by atoms with Gasteiger partial charge >= 0.3 is 5.97 Å². The van der Waals surface area contributed by atoms with Gasteiger partial charge in [-0.3, -0.25) is 14.7 Å². The average molecular weight is 452 g/mol. The Kier molecular flexibility index (Phi) is 5.35. The molecule has 2 aliphatic rings. The van der Waals surface area contributed by atoms with Crippen LogP contribution in [0.5, 0.6) is 5.75 Å². The standard InChI is InChI=1S/C24H25N3O4S/c1-30-20-19-18(8-5-11-26-19)32-21(20)22(28)31-17-12-16-9-10-24(13-17,23(25)29)27(16)14-15-6-3-2-4-7-15/h2-8,11,16-17H,9-10,12-14H2,1H3,(H2,25,29). The molecule has 2 bridgehead atoms. The molecule has 0 saturated carbocycles. The monoisotopic (exact) mass is 451 g/mol. The van der Waals surface area contributed by atoms with Crippen LogP contribution >= 0.6 is 11.3 Å². The van der Waals surface area contributed by atoms with Crippen LogP contribution in [-0.2, 0) is 16.1 Å². The van der Waals surface area contributed by atoms with Crippen molar-refractivity contribution in [2.45, 2.75) is 49.9 Å². The van der Waals surface area contributed by atoms with Gasteiger partial charge in [-0.1, -0.05) is 30.3 Å². The van der Waals surface area contributed by atoms with Crippen LogP contribution < -0.4 is 10.5 Å². The molecule has 2 aromatic heterocycles. The molecule has 2 saturated heterocycles. The lowest BCUT2D eigenvalue weighted by Gasteiger charge is -2.45. The van der Waals surface area contributed by atoms with E-state index in [9.17, 15) is 9.59 Å². The van der Waals surface area contributed by atoms with E-state index >= 15 is 0 Å². The first-order valence-electron chi connectivity index (χ1n) is 10.7. The summed E-state index contributed by atoms with van der Waals surface area (Å²) in [4.78, 5) is 32.7. The Morgan fingerprint density at radius 3 is 2.81 bits per heavy atom. The number of pyridine rings is 1. The molecule has 0 spiro atoms. The fourth-order valence-electron chi connectivity index (χ4n) is 5.23. The number of hydrogen-bond acceptors (Lipinski definition) is 7. The Labute approximate surface area is 190 Å². The molecule has 3 unspecified atom stereocenters. The van der Waals surface area contributed by atoms with E-state index in [1.807, 2.05) is 30.3 Å². The summed E-state index contributed by atoms with van der Waals surface area (Å²) in [5.74, 6) is -0.351. The SMILES string of the molecule is COc1c(C(=O)OC2CC3CCC(C(N)=O)(C2)N3Cc2ccccc2)sc2cccnc12. The predicted octanol–water partition coefficient (Wildman–Crippen LogP) is 3.51. The maximum Gasteiger partial charge on any atom is 0.352 e. The number of thiophene rings is 1. The second kappa shape index (κ2) is 8.18. The number of methoxy groups -OCH3 is 1. The number of nitrogens with zero attached hydrogens (tertiary/aromatic N) is 2. The smallest absolute Gasteiger partial charge is 0.352 e. The molecule has 8 heteroatoms. The van der Waals surface area contributed by atoms with Crippen molar-refractivity contribution in [3.05, 3.63) is 59.1 Å². The zero-order valence-corrected chi connectivity index (χ0v) is 18.6. The number of aromatic nitrogens is 1. The van der Waals surface area contributed by atoms with Gasteiger partial charge in [-0.05, 0) is 30.5 Å². The Balaban J connectivity index is 1.38. The van der Waals surface area contributed by atoms with Gasteiger partial charge < -0.3 is 15.2 Å². The van der Waals surface area contributed by atoms with Gasteiger partial charge in [0.15, 0.2) is 10.6 Å². The van der Waals surface area contributed by atoms with Crippen molar-refractivity contribution >= 4 is 33.4 Å². The van der Waals surface area contributed by atoms with Crippen molar-refractivity contribution in [1.82, 2.24) is 9.88 Å². The second-order valence-corrected chi connectivity index (χ2v) is 9.54. The van der Waals surface area contributed by atoms with Crippen LogP contribution in [0.2, 0.25) is 0 Å². The van der Waals surface area contributed by atoms with Crippen molar-refractivity contribution in [1.29, 1.82) is 0 Å². The number of piperidine rings is 1. The lowest BCUT2D eigenvalue weighted by Crippen LogP contribution is -2.60. The van der Waals surface area contributed by atoms with Crippen LogP contribution in [0, 0.1) is 0 Å². The first kappa shape index (κ1) is 20.9. The Hall–Kier alpha value is -2.97. The van der Waals surface area contributed by atoms with Crippen LogP contribution in [0.3, 0.4) is 0 Å². The van der Waals surface area contributed by atoms with Gasteiger partial charge in [0.05, 0.1) is 11.8 Å². The minimum absolute atomic E-state index is 0.139. The van der Waals surface area contributed by atoms with Crippen molar-refractivity contribution in [3.63, 3.8) is 0 Å². The summed E-state index contributed by atoms with van der Waals surface area (Å²) in [6, 6.07) is 13.9. The number of carbonyl (C=O) groups is 2. The number of carbonyl (C=O) groups excluding carboxylic acids is 2. The number of ether oxygens (including phenoxy) is 2. The molecule has 3 atom stereocenters. The molecule has 32 heavy (non-hydrogen) atoms. The summed E-state index contributed by atoms with van der Waals surface area (Å²) in [7, 11) is 1.53. The molecule has 0 aliphatic carbocycles. The molecule has 1 amide bonds. The summed E-state index contributed by atoms with van der Waals surface area (Å²) < 4.78 is 12.3. The van der Waals surface area contributed by atoms with E-state index < -0.39 is 11.5 Å². The summed E-state index contributed by atoms with van der Waals surface area (Å²) in [6.07, 6.45) is 3.92. The molecule has 5 rings (SSSR count). The Morgan fingerprint density at radius 2 is 2.06 bits per heavy atom. The zero-order valence-electron chi connectivity index (χ0n) is 17.8. The average Bonchev–Trinajstić information content (AvgIpc) is 3.27. The first-order valence-corrected chi connectivity index (χ1v) is 11.6. The summed E-state index contributed by atoms with van der Waals surface area (Å²) in [5.41, 5.74) is 6.93. The highest BCUT2D eigenvalue weighted by molar-refractivity contribution is 7.21. The van der Waals surface area contributed by atoms with Gasteiger partial charge in [0.2, 0.25) is 5.91 Å². The van der Waals surface area contributed by atoms with Crippen molar-refractivity contribution < 1.29 is 19.1 Å². The van der Waals surface area contributed by atoms with Gasteiger partial charge in [-0.25, -0.2) is 4.79 Å². The van der Waals surface area contributed by atoms with E-state index in [4.69, 9.17) is 15.2 Å². The number of nitrogens with two attached hydrogens (primary N) is 1. The Morgan fingerprint density at radius 1 is 1.25 bits per heavy atom. The number of benzene rings is 1. The summed E-state index contributed by atoms with van der Waals surface area (Å²) in [6.45, 7) is 0.658. The molecular weight excluding hydrogens is 426 g/mol. The van der Waals surface area contributed by atoms with Gasteiger partial charge in [0.25, 0.3) is 0 Å². The minimum Gasteiger partial charge on any atom is -0.493 e. The van der Waals surface area contributed by atoms with E-state index in [2.05, 4.69) is 22.0 Å². The molecule has 2 aliphatic heterocycles. The van der Waals surface area contributed by atoms with Crippen molar-refractivity contribution in [2.24, 2.45) is 5.73 Å². The molecule has 0 radical (unpaired) electrons. The van der Waals surface area contributed by atoms with Gasteiger partial charge in [0, 0.05) is 31.6 Å². The topological polar surface area (TPSA) is 94.8 Å². The molecule has 2 fully saturated rings. The molecule has 3 aromatic rings. The fraction of sp³-hybridized carbons (Fsp3) is 0.375. The zero-order chi connectivity index (χ0) is 22.3. The van der Waals surface area contributed by atoms with Gasteiger partial charge in [0.1, 0.15) is 17.2 Å². The molecule has 166 valence electrons. The molecular formula is C24H25N3O4S. The van der Waals surface area contributed by atoms with E-state index in [0.717, 1.165) is 16.7 Å². The highest BCUT2D eigenvalue weighted by Gasteiger charge is 2.56. The van der Waals surface area contributed by atoms with E-state index in [1.165, 1.54) is 18.4 Å². The Bertz CT molecular complexity index is 1160. The third-order valence-corrected chi connectivity index (χ3v) is 7.81. The normalized spacial score (nSPS) is 25.0. The third-order valence-electron chi connectivity index (χ3n) is 6.70. The van der Waals surface area contributed by atoms with E-state index in [-0.39, 0.29) is 18.1 Å². The van der Waals surface area contributed by atoms with Gasteiger partial charge in [-0.2, -0.15) is 0 Å². The lowest BCUT2D eigenvalue weighted by molar-refractivity contribution is -0.136. The molecule has 2 N–H and O–H groups in total. The summed E-state index contributed by atoms with van der Waals surface area (Å²) >= 11 is 1.31. The summed E-state index contributed by atoms with van der Waals surface area (Å²) in [5, 5.41) is 0. The number of esters is 1. The van der Waals surface area contributed by atoms with Crippen molar-refractivity contribution in [2.75, 3.05) is 7.11 Å². The van der Waals surface area contributed by atoms with Crippen LogP contribution in [-0.4, -0.2) is 46.6 Å². The number of hydrogen-bond donors (Lipinski definition) is 1. The molecule has 4 heterocycles. The van der Waals surface area contributed by atoms with Crippen LogP contribution in [0.15, 0.2) is 48.7 Å². The largest absolute Gasteiger partial charge is 0.493 e. The van der Waals surface area contributed by atoms with E-state index in [1.54, 1.807) is 6.20 Å². The number of rotatable bonds is 6. The minimum atomic E-state index is -0.796. The quantitative estimate of drug-likeness (QED) is 0.577. The predicted molar refractivity (Wildman–Crippen MR) is 122 cm³/mol. The number of fused-ring (bicyclic) bond motifs is 3. The molecule has 7 nitrogen and oxygen atoms in total. The van der Waals surface area contributed by atoms with Crippen LogP contribution in [0.25, 0.3) is 10.2 Å². The second-order valence-electron chi connectivity index (χ2n) is 8.48. The number of primary amides is 1. The van der Waals surface area contributed by atoms with Crippen LogP contribution in [0.4, 0.5) is 0 Å². The number of amides is 1. The van der Waals surface area contributed by atoms with Crippen molar-refractivity contribution in [3.8, 4) is 5.75 Å². The maximum atomic E-state index is 13.1. The fourth-order valence-corrected chi connectivity index (χ4v) is 6.25. The van der Waals surface area contributed by atoms with Crippen LogP contribution in [0.1, 0.15) is 40.9 Å². The highest BCUT2D eigenvalue weighted by atomic mass is 32.1. The van der Waals surface area contributed by atoms with Gasteiger partial charge in [-0.15, -0.1) is 11.3 Å². The first-order chi connectivity index (χ1) is 15.5.